The summed E-state index contributed by atoms with van der Waals surface area (Å²) in [6.45, 7) is 0.781. The number of hydrogen-bond donors (Lipinski definition) is 1. The molecule has 1 aliphatic rings. The molecule has 180 valence electrons. The van der Waals surface area contributed by atoms with Gasteiger partial charge >= 0.3 is 5.69 Å². The van der Waals surface area contributed by atoms with E-state index in [1.807, 2.05) is 16.5 Å². The molecule has 0 atom stereocenters. The van der Waals surface area contributed by atoms with Crippen LogP contribution in [0.4, 0.5) is 5.95 Å². The number of aryl methyl sites for hydroxylation is 1. The van der Waals surface area contributed by atoms with Gasteiger partial charge in [0.1, 0.15) is 12.4 Å². The highest BCUT2D eigenvalue weighted by Crippen LogP contribution is 2.25. The van der Waals surface area contributed by atoms with Crippen molar-refractivity contribution in [3.05, 3.63) is 57.0 Å². The number of ketones is 1. The van der Waals surface area contributed by atoms with Crippen molar-refractivity contribution < 1.29 is 9.53 Å². The van der Waals surface area contributed by atoms with E-state index in [0.717, 1.165) is 23.8 Å². The van der Waals surface area contributed by atoms with E-state index in [2.05, 4.69) is 16.0 Å². The molecule has 0 spiro atoms. The van der Waals surface area contributed by atoms with Crippen LogP contribution in [0.2, 0.25) is 0 Å². The molecule has 11 nitrogen and oxygen atoms in total. The van der Waals surface area contributed by atoms with Gasteiger partial charge in [-0.05, 0) is 31.4 Å². The van der Waals surface area contributed by atoms with Crippen LogP contribution in [0.15, 0.2) is 45.8 Å². The highest BCUT2D eigenvalue weighted by molar-refractivity contribution is 5.80. The lowest BCUT2D eigenvalue weighted by atomic mass is 10.2. The monoisotopic (exact) mass is 467 g/mol. The topological polar surface area (TPSA) is 130 Å². The van der Waals surface area contributed by atoms with Crippen LogP contribution in [0.1, 0.15) is 19.3 Å². The number of rotatable bonds is 10. The number of allylic oxidation sites excluding steroid dienone is 2. The number of aromatic nitrogens is 5. The number of carbonyl (C=O) groups excluding carboxylic acids is 1. The summed E-state index contributed by atoms with van der Waals surface area (Å²) in [5.74, 6) is 0.639. The van der Waals surface area contributed by atoms with Gasteiger partial charge in [-0.1, -0.05) is 11.6 Å². The molecule has 0 bridgehead atoms. The fourth-order valence-electron chi connectivity index (χ4n) is 4.14. The van der Waals surface area contributed by atoms with Crippen LogP contribution in [-0.2, 0) is 24.9 Å². The van der Waals surface area contributed by atoms with Crippen molar-refractivity contribution in [1.82, 2.24) is 23.7 Å². The Morgan fingerprint density at radius 3 is 2.68 bits per heavy atom. The van der Waals surface area contributed by atoms with Gasteiger partial charge in [-0.2, -0.15) is 4.98 Å². The number of pyridine rings is 1. The molecule has 0 fully saturated rings. The Morgan fingerprint density at radius 1 is 1.24 bits per heavy atom. The van der Waals surface area contributed by atoms with E-state index in [4.69, 9.17) is 10.5 Å². The van der Waals surface area contributed by atoms with Gasteiger partial charge in [0.2, 0.25) is 5.95 Å². The number of hydrogen-bond acceptors (Lipinski definition) is 8. The largest absolute Gasteiger partial charge is 0.486 e. The molecule has 3 aromatic heterocycles. The van der Waals surface area contributed by atoms with Gasteiger partial charge in [0.25, 0.3) is 5.56 Å². The second-order valence-corrected chi connectivity index (χ2v) is 8.38. The lowest BCUT2D eigenvalue weighted by Crippen LogP contribution is -2.42. The van der Waals surface area contributed by atoms with Gasteiger partial charge in [-0.25, -0.2) is 4.79 Å². The molecule has 0 saturated heterocycles. The lowest BCUT2D eigenvalue weighted by molar-refractivity contribution is -0.121. The number of imidazole rings is 1. The van der Waals surface area contributed by atoms with E-state index in [9.17, 15) is 14.4 Å². The summed E-state index contributed by atoms with van der Waals surface area (Å²) >= 11 is 0. The van der Waals surface area contributed by atoms with Crippen LogP contribution in [-0.4, -0.2) is 56.2 Å². The second-order valence-electron chi connectivity index (χ2n) is 8.38. The minimum Gasteiger partial charge on any atom is -0.486 e. The molecule has 0 unspecified atom stereocenters. The Morgan fingerprint density at radius 2 is 2.00 bits per heavy atom. The summed E-state index contributed by atoms with van der Waals surface area (Å²) in [7, 11) is 3.40. The van der Waals surface area contributed by atoms with E-state index in [-0.39, 0.29) is 17.8 Å². The normalized spacial score (nSPS) is 13.3. The van der Waals surface area contributed by atoms with Gasteiger partial charge in [0.15, 0.2) is 16.9 Å². The maximum Gasteiger partial charge on any atom is 0.332 e. The first-order valence-corrected chi connectivity index (χ1v) is 11.2. The zero-order valence-electron chi connectivity index (χ0n) is 19.4. The molecule has 4 rings (SSSR count). The Hall–Kier alpha value is -3.73. The number of fused-ring (bicyclic) bond motifs is 1. The molecule has 0 radical (unpaired) electrons. The van der Waals surface area contributed by atoms with Crippen LogP contribution in [0, 0.1) is 0 Å². The Bertz CT molecular complexity index is 1340. The average Bonchev–Trinajstić information content (AvgIpc) is 3.48. The first kappa shape index (κ1) is 23.4. The number of nitrogens with two attached hydrogens (primary N) is 1. The molecule has 1 aliphatic carbocycles. The third-order valence-corrected chi connectivity index (χ3v) is 5.90. The van der Waals surface area contributed by atoms with Gasteiger partial charge in [-0.15, -0.1) is 0 Å². The molecule has 0 aromatic carbocycles. The highest BCUT2D eigenvalue weighted by atomic mass is 16.5. The van der Waals surface area contributed by atoms with Crippen LogP contribution < -0.4 is 26.6 Å². The number of anilines is 1. The predicted molar refractivity (Wildman–Crippen MR) is 128 cm³/mol. The number of nitrogens with zero attached hydrogens (tertiary/aromatic N) is 6. The zero-order valence-corrected chi connectivity index (χ0v) is 19.4. The highest BCUT2D eigenvalue weighted by Gasteiger charge is 2.24. The summed E-state index contributed by atoms with van der Waals surface area (Å²) in [6, 6.07) is 3.25. The fourth-order valence-corrected chi connectivity index (χ4v) is 4.14. The van der Waals surface area contributed by atoms with E-state index < -0.39 is 23.6 Å². The Balaban J connectivity index is 1.73. The third kappa shape index (κ3) is 4.65. The molecular formula is C23H29N7O4. The van der Waals surface area contributed by atoms with Crippen molar-refractivity contribution in [2.75, 3.05) is 31.6 Å². The second kappa shape index (κ2) is 10.0. The van der Waals surface area contributed by atoms with Crippen molar-refractivity contribution in [1.29, 1.82) is 0 Å². The SMILES string of the molecule is CN(CCN)c1nc2c(c(=O)n(CC(=O)COc3ccncc3)c(=O)n2C)n1CC1=CCCC1. The standard InChI is InChI=1S/C23H29N7O4/c1-27(12-9-24)22-26-20-19(29(22)13-16-5-3-4-6-16)21(32)30(23(33)28(20)2)14-17(31)15-34-18-7-10-25-11-8-18/h5,7-8,10-11H,3-4,6,9,12-15,24H2,1-2H3. The van der Waals surface area contributed by atoms with Crippen molar-refractivity contribution >= 4 is 22.9 Å². The molecule has 0 amide bonds. The molecule has 0 saturated carbocycles. The molecule has 0 aliphatic heterocycles. The first-order chi connectivity index (χ1) is 16.4. The average molecular weight is 468 g/mol. The van der Waals surface area contributed by atoms with Crippen molar-refractivity contribution in [3.8, 4) is 5.75 Å². The number of ether oxygens (including phenoxy) is 1. The lowest BCUT2D eigenvalue weighted by Gasteiger charge is -2.19. The van der Waals surface area contributed by atoms with Gasteiger partial charge in [0, 0.05) is 46.1 Å². The van der Waals surface area contributed by atoms with Gasteiger partial charge < -0.3 is 19.9 Å². The molecule has 34 heavy (non-hydrogen) atoms. The van der Waals surface area contributed by atoms with Crippen LogP contribution in [0.5, 0.6) is 5.75 Å². The molecule has 2 N–H and O–H groups in total. The van der Waals surface area contributed by atoms with Crippen molar-refractivity contribution in [3.63, 3.8) is 0 Å². The summed E-state index contributed by atoms with van der Waals surface area (Å²) < 4.78 is 9.55. The maximum atomic E-state index is 13.5. The first-order valence-electron chi connectivity index (χ1n) is 11.2. The summed E-state index contributed by atoms with van der Waals surface area (Å²) in [5.41, 5.74) is 6.37. The minimum absolute atomic E-state index is 0.270. The van der Waals surface area contributed by atoms with E-state index >= 15 is 0 Å². The quantitative estimate of drug-likeness (QED) is 0.425. The molecule has 3 aromatic rings. The number of carbonyl (C=O) groups is 1. The van der Waals surface area contributed by atoms with Crippen molar-refractivity contribution in [2.45, 2.75) is 32.4 Å². The van der Waals surface area contributed by atoms with E-state index in [0.29, 0.717) is 31.3 Å². The molecule has 11 heteroatoms. The number of Topliss-reactive ketones (excluding diaryl/α,β-unsaturated/α-hetero) is 1. The maximum absolute atomic E-state index is 13.5. The molecule has 3 heterocycles. The Labute approximate surface area is 196 Å². The fraction of sp³-hybridized carbons (Fsp3) is 0.435. The van der Waals surface area contributed by atoms with E-state index in [1.54, 1.807) is 31.6 Å². The summed E-state index contributed by atoms with van der Waals surface area (Å²) in [6.07, 6.45) is 8.31. The number of likely N-dealkylation sites (N-methyl/N-ethyl adjacent to an activating group) is 1. The smallest absolute Gasteiger partial charge is 0.332 e. The van der Waals surface area contributed by atoms with Crippen LogP contribution in [0.25, 0.3) is 11.2 Å². The van der Waals surface area contributed by atoms with Crippen molar-refractivity contribution in [2.24, 2.45) is 12.8 Å². The minimum atomic E-state index is -0.604. The van der Waals surface area contributed by atoms with Gasteiger partial charge in [-0.3, -0.25) is 23.7 Å². The summed E-state index contributed by atoms with van der Waals surface area (Å²) in [4.78, 5) is 49.5. The zero-order chi connectivity index (χ0) is 24.2. The predicted octanol–water partition coefficient (Wildman–Crippen LogP) is 0.445. The van der Waals surface area contributed by atoms with Crippen LogP contribution >= 0.6 is 0 Å². The van der Waals surface area contributed by atoms with E-state index in [1.165, 1.54) is 10.1 Å². The Kier molecular flexibility index (Phi) is 6.92. The third-order valence-electron chi connectivity index (χ3n) is 5.90. The summed E-state index contributed by atoms with van der Waals surface area (Å²) in [5, 5.41) is 0. The van der Waals surface area contributed by atoms with Crippen LogP contribution in [0.3, 0.4) is 0 Å². The molecular weight excluding hydrogens is 438 g/mol. The van der Waals surface area contributed by atoms with Gasteiger partial charge in [0.05, 0.1) is 6.54 Å².